The molecule has 2 aromatic rings. The Kier molecular flexibility index (Phi) is 4.79. The van der Waals surface area contributed by atoms with Gasteiger partial charge in [0.05, 0.1) is 12.0 Å². The van der Waals surface area contributed by atoms with E-state index < -0.39 is 0 Å². The number of halogens is 1. The summed E-state index contributed by atoms with van der Waals surface area (Å²) in [7, 11) is 0. The van der Waals surface area contributed by atoms with Crippen molar-refractivity contribution in [3.8, 4) is 0 Å². The zero-order valence-corrected chi connectivity index (χ0v) is 15.1. The largest absolute Gasteiger partial charge is 0.342 e. The van der Waals surface area contributed by atoms with Gasteiger partial charge < -0.3 is 4.90 Å². The Morgan fingerprint density at radius 2 is 2.08 bits per heavy atom. The minimum Gasteiger partial charge on any atom is -0.342 e. The Morgan fingerprint density at radius 3 is 2.77 bits per heavy atom. The standard InChI is InChI=1S/C21H26FN3O/c22-19-8-6-17(7-9-19)4-5-18-3-1-13-24(15-18)20(26)21(10-11-21)16-25-14-2-12-23-25/h2,6-9,12,14,18H,1,3-5,10-11,13,15-16H2. The van der Waals surface area contributed by atoms with Gasteiger partial charge in [-0.2, -0.15) is 5.10 Å². The SMILES string of the molecule is O=C(N1CCCC(CCc2ccc(F)cc2)C1)C1(Cn2cccn2)CC1. The maximum absolute atomic E-state index is 13.1. The van der Waals surface area contributed by atoms with E-state index in [0.717, 1.165) is 45.2 Å². The first-order valence-electron chi connectivity index (χ1n) is 9.66. The summed E-state index contributed by atoms with van der Waals surface area (Å²) in [6.45, 7) is 2.45. The van der Waals surface area contributed by atoms with Crippen molar-refractivity contribution in [3.63, 3.8) is 0 Å². The van der Waals surface area contributed by atoms with Crippen LogP contribution in [-0.2, 0) is 17.8 Å². The Hall–Kier alpha value is -2.17. The molecule has 0 radical (unpaired) electrons. The van der Waals surface area contributed by atoms with Crippen LogP contribution in [0.5, 0.6) is 0 Å². The highest BCUT2D eigenvalue weighted by atomic mass is 19.1. The van der Waals surface area contributed by atoms with E-state index in [4.69, 9.17) is 0 Å². The lowest BCUT2D eigenvalue weighted by atomic mass is 9.90. The number of likely N-dealkylation sites (tertiary alicyclic amines) is 1. The first-order chi connectivity index (χ1) is 12.6. The molecule has 2 aliphatic rings. The van der Waals surface area contributed by atoms with Gasteiger partial charge in [-0.15, -0.1) is 0 Å². The van der Waals surface area contributed by atoms with Crippen LogP contribution in [0, 0.1) is 17.2 Å². The highest BCUT2D eigenvalue weighted by molar-refractivity contribution is 5.85. The van der Waals surface area contributed by atoms with E-state index >= 15 is 0 Å². The molecule has 1 saturated heterocycles. The lowest BCUT2D eigenvalue weighted by molar-refractivity contribution is -0.139. The van der Waals surface area contributed by atoms with E-state index in [-0.39, 0.29) is 11.2 Å². The van der Waals surface area contributed by atoms with Crippen LogP contribution < -0.4 is 0 Å². The van der Waals surface area contributed by atoms with Crippen molar-refractivity contribution in [1.29, 1.82) is 0 Å². The van der Waals surface area contributed by atoms with Gasteiger partial charge in [0.25, 0.3) is 0 Å². The number of hydrogen-bond acceptors (Lipinski definition) is 2. The maximum atomic E-state index is 13.1. The minimum absolute atomic E-state index is 0.185. The van der Waals surface area contributed by atoms with E-state index in [9.17, 15) is 9.18 Å². The van der Waals surface area contributed by atoms with E-state index in [0.29, 0.717) is 18.4 Å². The number of carbonyl (C=O) groups excluding carboxylic acids is 1. The predicted molar refractivity (Wildman–Crippen MR) is 97.9 cm³/mol. The van der Waals surface area contributed by atoms with Gasteiger partial charge in [0.2, 0.25) is 5.91 Å². The summed E-state index contributed by atoms with van der Waals surface area (Å²) in [6.07, 6.45) is 9.93. The molecule has 1 aliphatic heterocycles. The van der Waals surface area contributed by atoms with E-state index in [1.54, 1.807) is 6.20 Å². The molecule has 26 heavy (non-hydrogen) atoms. The molecule has 5 heteroatoms. The zero-order chi connectivity index (χ0) is 18.0. The van der Waals surface area contributed by atoms with E-state index in [1.165, 1.54) is 24.1 Å². The summed E-state index contributed by atoms with van der Waals surface area (Å²) in [5, 5.41) is 4.27. The summed E-state index contributed by atoms with van der Waals surface area (Å²) in [6, 6.07) is 8.69. The minimum atomic E-state index is -0.217. The van der Waals surface area contributed by atoms with Gasteiger partial charge in [0, 0.05) is 25.5 Å². The van der Waals surface area contributed by atoms with Crippen molar-refractivity contribution in [1.82, 2.24) is 14.7 Å². The Balaban J connectivity index is 1.33. The first kappa shape index (κ1) is 17.3. The van der Waals surface area contributed by atoms with Crippen molar-refractivity contribution in [2.45, 2.75) is 45.1 Å². The molecule has 2 fully saturated rings. The molecule has 1 saturated carbocycles. The number of piperidine rings is 1. The molecule has 4 nitrogen and oxygen atoms in total. The molecule has 1 aliphatic carbocycles. The van der Waals surface area contributed by atoms with Crippen LogP contribution in [0.2, 0.25) is 0 Å². The monoisotopic (exact) mass is 355 g/mol. The molecule has 1 unspecified atom stereocenters. The average Bonchev–Trinajstić information content (AvgIpc) is 3.26. The molecule has 2 heterocycles. The summed E-state index contributed by atoms with van der Waals surface area (Å²) in [4.78, 5) is 15.2. The van der Waals surface area contributed by atoms with Gasteiger partial charge in [0.15, 0.2) is 0 Å². The third kappa shape index (κ3) is 3.81. The summed E-state index contributed by atoms with van der Waals surface area (Å²) in [5.41, 5.74) is 0.956. The second-order valence-corrected chi connectivity index (χ2v) is 7.91. The Morgan fingerprint density at radius 1 is 1.27 bits per heavy atom. The van der Waals surface area contributed by atoms with E-state index in [2.05, 4.69) is 10.00 Å². The fourth-order valence-electron chi connectivity index (χ4n) is 4.14. The van der Waals surface area contributed by atoms with Crippen molar-refractivity contribution in [2.24, 2.45) is 11.3 Å². The normalized spacial score (nSPS) is 21.6. The number of hydrogen-bond donors (Lipinski definition) is 0. The average molecular weight is 355 g/mol. The van der Waals surface area contributed by atoms with Crippen molar-refractivity contribution in [2.75, 3.05) is 13.1 Å². The zero-order valence-electron chi connectivity index (χ0n) is 15.1. The number of benzene rings is 1. The van der Waals surface area contributed by atoms with Crippen LogP contribution >= 0.6 is 0 Å². The highest BCUT2D eigenvalue weighted by Gasteiger charge is 2.52. The van der Waals surface area contributed by atoms with Crippen LogP contribution in [0.3, 0.4) is 0 Å². The van der Waals surface area contributed by atoms with Crippen molar-refractivity contribution >= 4 is 5.91 Å². The van der Waals surface area contributed by atoms with Crippen LogP contribution in [0.1, 0.15) is 37.7 Å². The van der Waals surface area contributed by atoms with Gasteiger partial charge in [-0.1, -0.05) is 12.1 Å². The number of carbonyl (C=O) groups is 1. The van der Waals surface area contributed by atoms with Crippen LogP contribution in [-0.4, -0.2) is 33.7 Å². The first-order valence-corrected chi connectivity index (χ1v) is 9.66. The van der Waals surface area contributed by atoms with Crippen LogP contribution in [0.4, 0.5) is 4.39 Å². The molecule has 1 atom stereocenters. The fourth-order valence-corrected chi connectivity index (χ4v) is 4.14. The lowest BCUT2D eigenvalue weighted by Crippen LogP contribution is -2.45. The molecule has 4 rings (SSSR count). The van der Waals surface area contributed by atoms with Gasteiger partial charge in [0.1, 0.15) is 5.82 Å². The lowest BCUT2D eigenvalue weighted by Gasteiger charge is -2.35. The molecule has 1 amide bonds. The number of amides is 1. The predicted octanol–water partition coefficient (Wildman–Crippen LogP) is 3.67. The van der Waals surface area contributed by atoms with Gasteiger partial charge in [-0.3, -0.25) is 9.48 Å². The van der Waals surface area contributed by atoms with Crippen molar-refractivity contribution < 1.29 is 9.18 Å². The van der Waals surface area contributed by atoms with Gasteiger partial charge in [-0.25, -0.2) is 4.39 Å². The van der Waals surface area contributed by atoms with Gasteiger partial charge in [-0.05, 0) is 68.2 Å². The molecule has 0 N–H and O–H groups in total. The van der Waals surface area contributed by atoms with Crippen LogP contribution in [0.25, 0.3) is 0 Å². The number of aromatic nitrogens is 2. The van der Waals surface area contributed by atoms with Crippen LogP contribution in [0.15, 0.2) is 42.7 Å². The quantitative estimate of drug-likeness (QED) is 0.793. The third-order valence-electron chi connectivity index (χ3n) is 5.89. The second-order valence-electron chi connectivity index (χ2n) is 7.91. The summed E-state index contributed by atoms with van der Waals surface area (Å²) < 4.78 is 14.9. The summed E-state index contributed by atoms with van der Waals surface area (Å²) >= 11 is 0. The van der Waals surface area contributed by atoms with Gasteiger partial charge >= 0.3 is 0 Å². The topological polar surface area (TPSA) is 38.1 Å². The molecule has 1 aromatic carbocycles. The Labute approximate surface area is 154 Å². The smallest absolute Gasteiger partial charge is 0.230 e. The summed E-state index contributed by atoms with van der Waals surface area (Å²) in [5.74, 6) is 0.674. The second kappa shape index (κ2) is 7.22. The van der Waals surface area contributed by atoms with Crippen molar-refractivity contribution in [3.05, 3.63) is 54.1 Å². The molecule has 138 valence electrons. The Bertz CT molecular complexity index is 737. The number of aryl methyl sites for hydroxylation is 1. The van der Waals surface area contributed by atoms with E-state index in [1.807, 2.05) is 29.1 Å². The maximum Gasteiger partial charge on any atom is 0.230 e. The third-order valence-corrected chi connectivity index (χ3v) is 5.89. The highest BCUT2D eigenvalue weighted by Crippen LogP contribution is 2.49. The fraction of sp³-hybridized carbons (Fsp3) is 0.524. The number of rotatable bonds is 6. The molecule has 0 bridgehead atoms. The molecule has 1 aromatic heterocycles. The molecule has 0 spiro atoms. The number of nitrogens with zero attached hydrogens (tertiary/aromatic N) is 3. The molecular weight excluding hydrogens is 329 g/mol. The molecular formula is C21H26FN3O.